The molecular formula is C13H15F2NO2. The Kier molecular flexibility index (Phi) is 3.50. The number of nitrogens with two attached hydrogens (primary N) is 1. The van der Waals surface area contributed by atoms with Crippen LogP contribution in [0.4, 0.5) is 14.5 Å². The Labute approximate surface area is 104 Å². The molecule has 5 heteroatoms. The van der Waals surface area contributed by atoms with E-state index in [1.807, 2.05) is 0 Å². The zero-order valence-corrected chi connectivity index (χ0v) is 9.83. The Bertz CT molecular complexity index is 472. The number of hydrogen-bond donors (Lipinski definition) is 2. The zero-order valence-electron chi connectivity index (χ0n) is 9.83. The maximum Gasteiger partial charge on any atom is 0.311 e. The van der Waals surface area contributed by atoms with Crippen molar-refractivity contribution in [3.63, 3.8) is 0 Å². The Balaban J connectivity index is 2.32. The number of carbonyl (C=O) groups is 1. The summed E-state index contributed by atoms with van der Waals surface area (Å²) < 4.78 is 26.5. The van der Waals surface area contributed by atoms with Crippen molar-refractivity contribution in [2.45, 2.75) is 31.6 Å². The molecule has 0 amide bonds. The molecule has 1 saturated carbocycles. The minimum absolute atomic E-state index is 0.0481. The van der Waals surface area contributed by atoms with E-state index in [0.29, 0.717) is 18.4 Å². The lowest BCUT2D eigenvalue weighted by atomic mass is 9.77. The van der Waals surface area contributed by atoms with Crippen LogP contribution >= 0.6 is 0 Å². The number of halogens is 2. The van der Waals surface area contributed by atoms with E-state index in [1.54, 1.807) is 0 Å². The molecule has 98 valence electrons. The van der Waals surface area contributed by atoms with Crippen LogP contribution in [0.15, 0.2) is 12.1 Å². The highest BCUT2D eigenvalue weighted by Gasteiger charge is 2.30. The largest absolute Gasteiger partial charge is 0.481 e. The van der Waals surface area contributed by atoms with Gasteiger partial charge in [-0.05, 0) is 24.0 Å². The number of hydrogen-bond acceptors (Lipinski definition) is 2. The van der Waals surface area contributed by atoms with Crippen LogP contribution in [0.25, 0.3) is 0 Å². The number of aliphatic carboxylic acids is 1. The van der Waals surface area contributed by atoms with Gasteiger partial charge >= 0.3 is 5.97 Å². The first-order chi connectivity index (χ1) is 8.49. The highest BCUT2D eigenvalue weighted by Crippen LogP contribution is 2.38. The maximum absolute atomic E-state index is 13.3. The SMILES string of the molecule is Nc1c(F)cc(F)cc1C(CC1CCC1)C(=O)O. The molecule has 18 heavy (non-hydrogen) atoms. The highest BCUT2D eigenvalue weighted by molar-refractivity contribution is 5.78. The standard InChI is InChI=1S/C13H15F2NO2/c14-8-5-9(12(16)11(15)6-8)10(13(17)18)4-7-2-1-3-7/h5-7,10H,1-4,16H2,(H,17,18). The van der Waals surface area contributed by atoms with E-state index in [-0.39, 0.29) is 11.3 Å². The third-order valence-electron chi connectivity index (χ3n) is 3.59. The fourth-order valence-corrected chi connectivity index (χ4v) is 2.32. The predicted molar refractivity (Wildman–Crippen MR) is 63.1 cm³/mol. The molecule has 0 bridgehead atoms. The average molecular weight is 255 g/mol. The first-order valence-electron chi connectivity index (χ1n) is 5.96. The predicted octanol–water partition coefficient (Wildman–Crippen LogP) is 2.91. The van der Waals surface area contributed by atoms with Crippen LogP contribution in [-0.4, -0.2) is 11.1 Å². The lowest BCUT2D eigenvalue weighted by Gasteiger charge is -2.28. The molecule has 3 nitrogen and oxygen atoms in total. The quantitative estimate of drug-likeness (QED) is 0.813. The van der Waals surface area contributed by atoms with Crippen molar-refractivity contribution in [3.05, 3.63) is 29.3 Å². The molecule has 1 aliphatic carbocycles. The third-order valence-corrected chi connectivity index (χ3v) is 3.59. The van der Waals surface area contributed by atoms with Gasteiger partial charge in [-0.25, -0.2) is 8.78 Å². The molecule has 0 heterocycles. The number of rotatable bonds is 4. The van der Waals surface area contributed by atoms with Crippen molar-refractivity contribution >= 4 is 11.7 Å². The third kappa shape index (κ3) is 2.44. The first-order valence-corrected chi connectivity index (χ1v) is 5.96. The van der Waals surface area contributed by atoms with E-state index in [9.17, 15) is 18.7 Å². The Morgan fingerprint density at radius 2 is 2.11 bits per heavy atom. The highest BCUT2D eigenvalue weighted by atomic mass is 19.1. The molecule has 1 unspecified atom stereocenters. The minimum atomic E-state index is -1.08. The molecule has 0 spiro atoms. The number of carboxylic acid groups (broad SMARTS) is 1. The van der Waals surface area contributed by atoms with Gasteiger partial charge in [0.25, 0.3) is 0 Å². The molecule has 0 saturated heterocycles. The second-order valence-electron chi connectivity index (χ2n) is 4.81. The van der Waals surface area contributed by atoms with Gasteiger partial charge in [0.2, 0.25) is 0 Å². The summed E-state index contributed by atoms with van der Waals surface area (Å²) in [7, 11) is 0. The molecule has 1 aromatic carbocycles. The maximum atomic E-state index is 13.3. The van der Waals surface area contributed by atoms with E-state index in [2.05, 4.69) is 0 Å². The van der Waals surface area contributed by atoms with Gasteiger partial charge in [-0.15, -0.1) is 0 Å². The lowest BCUT2D eigenvalue weighted by Crippen LogP contribution is -2.21. The monoisotopic (exact) mass is 255 g/mol. The van der Waals surface area contributed by atoms with Crippen molar-refractivity contribution in [1.29, 1.82) is 0 Å². The smallest absolute Gasteiger partial charge is 0.311 e. The Morgan fingerprint density at radius 1 is 1.44 bits per heavy atom. The van der Waals surface area contributed by atoms with Crippen LogP contribution in [0, 0.1) is 17.6 Å². The molecule has 2 rings (SSSR count). The number of anilines is 1. The fourth-order valence-electron chi connectivity index (χ4n) is 2.32. The minimum Gasteiger partial charge on any atom is -0.481 e. The number of nitrogen functional groups attached to an aromatic ring is 1. The first kappa shape index (κ1) is 12.8. The van der Waals surface area contributed by atoms with Gasteiger partial charge < -0.3 is 10.8 Å². The molecular weight excluding hydrogens is 240 g/mol. The topological polar surface area (TPSA) is 63.3 Å². The molecule has 0 aliphatic heterocycles. The molecule has 1 aromatic rings. The molecule has 0 radical (unpaired) electrons. The van der Waals surface area contributed by atoms with Crippen LogP contribution in [0.2, 0.25) is 0 Å². The van der Waals surface area contributed by atoms with Crippen molar-refractivity contribution < 1.29 is 18.7 Å². The molecule has 3 N–H and O–H groups in total. The summed E-state index contributed by atoms with van der Waals surface area (Å²) in [6.07, 6.45) is 3.43. The van der Waals surface area contributed by atoms with E-state index in [4.69, 9.17) is 5.73 Å². The van der Waals surface area contributed by atoms with Gasteiger partial charge in [-0.1, -0.05) is 19.3 Å². The average Bonchev–Trinajstić information content (AvgIpc) is 2.22. The Morgan fingerprint density at radius 3 is 2.61 bits per heavy atom. The van der Waals surface area contributed by atoms with Crippen LogP contribution in [0.5, 0.6) is 0 Å². The van der Waals surface area contributed by atoms with E-state index in [0.717, 1.165) is 25.3 Å². The van der Waals surface area contributed by atoms with Gasteiger partial charge in [0.15, 0.2) is 0 Å². The number of benzene rings is 1. The van der Waals surface area contributed by atoms with Crippen molar-refractivity contribution in [3.8, 4) is 0 Å². The molecule has 0 aromatic heterocycles. The van der Waals surface area contributed by atoms with E-state index in [1.165, 1.54) is 0 Å². The fraction of sp³-hybridized carbons (Fsp3) is 0.462. The lowest BCUT2D eigenvalue weighted by molar-refractivity contribution is -0.139. The van der Waals surface area contributed by atoms with Crippen molar-refractivity contribution in [2.75, 3.05) is 5.73 Å². The molecule has 1 atom stereocenters. The van der Waals surface area contributed by atoms with Crippen LogP contribution < -0.4 is 5.73 Å². The summed E-state index contributed by atoms with van der Waals surface area (Å²) in [6.45, 7) is 0. The second kappa shape index (κ2) is 4.92. The summed E-state index contributed by atoms with van der Waals surface area (Å²) in [5.74, 6) is -3.39. The van der Waals surface area contributed by atoms with Crippen LogP contribution in [-0.2, 0) is 4.79 Å². The van der Waals surface area contributed by atoms with Gasteiger partial charge in [-0.3, -0.25) is 4.79 Å². The Hall–Kier alpha value is -1.65. The van der Waals surface area contributed by atoms with Gasteiger partial charge in [0.1, 0.15) is 11.6 Å². The second-order valence-corrected chi connectivity index (χ2v) is 4.81. The number of carboxylic acids is 1. The zero-order chi connectivity index (χ0) is 13.3. The summed E-state index contributed by atoms with van der Waals surface area (Å²) in [5.41, 5.74) is 5.31. The summed E-state index contributed by atoms with van der Waals surface area (Å²) in [5, 5.41) is 9.20. The van der Waals surface area contributed by atoms with E-state index >= 15 is 0 Å². The summed E-state index contributed by atoms with van der Waals surface area (Å²) in [6, 6.07) is 1.69. The summed E-state index contributed by atoms with van der Waals surface area (Å²) >= 11 is 0. The van der Waals surface area contributed by atoms with Gasteiger partial charge in [0, 0.05) is 6.07 Å². The molecule has 1 fully saturated rings. The summed E-state index contributed by atoms with van der Waals surface area (Å²) in [4.78, 5) is 11.2. The van der Waals surface area contributed by atoms with Gasteiger partial charge in [-0.2, -0.15) is 0 Å². The van der Waals surface area contributed by atoms with Crippen molar-refractivity contribution in [2.24, 2.45) is 5.92 Å². The van der Waals surface area contributed by atoms with Gasteiger partial charge in [0.05, 0.1) is 11.6 Å². The normalized spacial score (nSPS) is 17.2. The molecule has 1 aliphatic rings. The van der Waals surface area contributed by atoms with Crippen LogP contribution in [0.3, 0.4) is 0 Å². The van der Waals surface area contributed by atoms with Crippen LogP contribution in [0.1, 0.15) is 37.2 Å². The van der Waals surface area contributed by atoms with Crippen molar-refractivity contribution in [1.82, 2.24) is 0 Å². The van der Waals surface area contributed by atoms with E-state index < -0.39 is 23.5 Å².